The largest absolute Gasteiger partial charge is 0.503 e. The molecule has 0 amide bonds. The lowest BCUT2D eigenvalue weighted by Gasteiger charge is -2.34. The third kappa shape index (κ3) is 3.04. The van der Waals surface area contributed by atoms with Gasteiger partial charge in [0.15, 0.2) is 11.5 Å². The van der Waals surface area contributed by atoms with E-state index in [2.05, 4.69) is 15.9 Å². The maximum Gasteiger partial charge on any atom is 0.172 e. The number of benzene rings is 1. The number of aliphatic hydroxyl groups excluding tert-OH is 1. The first kappa shape index (κ1) is 14.6. The highest BCUT2D eigenvalue weighted by atomic mass is 79.9. The summed E-state index contributed by atoms with van der Waals surface area (Å²) in [6.07, 6.45) is 2.69. The summed E-state index contributed by atoms with van der Waals surface area (Å²) in [5, 5.41) is 20.1. The van der Waals surface area contributed by atoms with E-state index >= 15 is 0 Å². The molecule has 1 aromatic rings. The van der Waals surface area contributed by atoms with Crippen molar-refractivity contribution in [3.8, 4) is 11.5 Å². The second kappa shape index (κ2) is 6.11. The molecular formula is C14H20BrNO3. The van der Waals surface area contributed by atoms with Crippen molar-refractivity contribution in [1.82, 2.24) is 0 Å². The predicted octanol–water partition coefficient (Wildman–Crippen LogP) is 2.71. The summed E-state index contributed by atoms with van der Waals surface area (Å²) in [5.41, 5.74) is 6.90. The first-order valence-corrected chi connectivity index (χ1v) is 7.42. The molecule has 106 valence electrons. The van der Waals surface area contributed by atoms with E-state index in [1.165, 1.54) is 0 Å². The molecule has 2 atom stereocenters. The zero-order chi connectivity index (χ0) is 14.0. The molecule has 0 radical (unpaired) electrons. The van der Waals surface area contributed by atoms with Gasteiger partial charge in [0.1, 0.15) is 0 Å². The van der Waals surface area contributed by atoms with Gasteiger partial charge in [0, 0.05) is 0 Å². The highest BCUT2D eigenvalue weighted by Gasteiger charge is 2.31. The Hall–Kier alpha value is -0.780. The topological polar surface area (TPSA) is 75.7 Å². The quantitative estimate of drug-likeness (QED) is 0.776. The Morgan fingerprint density at radius 2 is 2.16 bits per heavy atom. The monoisotopic (exact) mass is 329 g/mol. The van der Waals surface area contributed by atoms with Gasteiger partial charge >= 0.3 is 0 Å². The molecule has 0 aromatic heterocycles. The fraction of sp³-hybridized carbons (Fsp3) is 0.571. The minimum Gasteiger partial charge on any atom is -0.503 e. The van der Waals surface area contributed by atoms with Crippen LogP contribution in [0.3, 0.4) is 0 Å². The van der Waals surface area contributed by atoms with Crippen LogP contribution in [0.2, 0.25) is 0 Å². The Bertz CT molecular complexity index is 449. The van der Waals surface area contributed by atoms with Crippen LogP contribution in [-0.2, 0) is 0 Å². The van der Waals surface area contributed by atoms with Crippen molar-refractivity contribution in [2.45, 2.75) is 38.3 Å². The highest BCUT2D eigenvalue weighted by molar-refractivity contribution is 9.10. The van der Waals surface area contributed by atoms with Gasteiger partial charge in [-0.25, -0.2) is 0 Å². The van der Waals surface area contributed by atoms with Crippen LogP contribution in [0.15, 0.2) is 16.6 Å². The summed E-state index contributed by atoms with van der Waals surface area (Å²) in [4.78, 5) is 0. The molecule has 0 saturated heterocycles. The van der Waals surface area contributed by atoms with Gasteiger partial charge in [-0.15, -0.1) is 0 Å². The van der Waals surface area contributed by atoms with E-state index in [-0.39, 0.29) is 11.7 Å². The van der Waals surface area contributed by atoms with Crippen LogP contribution in [0.5, 0.6) is 11.5 Å². The molecule has 5 heteroatoms. The molecule has 1 aliphatic rings. The van der Waals surface area contributed by atoms with E-state index < -0.39 is 12.1 Å². The minimum atomic E-state index is -0.542. The number of halogens is 1. The van der Waals surface area contributed by atoms with Crippen LogP contribution in [0.1, 0.15) is 37.8 Å². The predicted molar refractivity (Wildman–Crippen MR) is 77.3 cm³/mol. The molecule has 0 aliphatic heterocycles. The molecule has 1 saturated carbocycles. The molecule has 2 rings (SSSR count). The number of aromatic hydroxyl groups is 1. The number of rotatable bonds is 5. The van der Waals surface area contributed by atoms with Gasteiger partial charge in [-0.1, -0.05) is 6.42 Å². The summed E-state index contributed by atoms with van der Waals surface area (Å²) < 4.78 is 5.90. The summed E-state index contributed by atoms with van der Waals surface area (Å²) in [6.45, 7) is 2.31. The zero-order valence-corrected chi connectivity index (χ0v) is 12.6. The molecule has 19 heavy (non-hydrogen) atoms. The smallest absolute Gasteiger partial charge is 0.172 e. The van der Waals surface area contributed by atoms with E-state index in [0.717, 1.165) is 24.8 Å². The third-order valence-electron chi connectivity index (χ3n) is 3.74. The highest BCUT2D eigenvalue weighted by Crippen LogP contribution is 2.39. The van der Waals surface area contributed by atoms with Gasteiger partial charge in [0.2, 0.25) is 0 Å². The average Bonchev–Trinajstić information content (AvgIpc) is 2.31. The van der Waals surface area contributed by atoms with Crippen molar-refractivity contribution in [1.29, 1.82) is 0 Å². The molecule has 0 heterocycles. The van der Waals surface area contributed by atoms with Gasteiger partial charge in [-0.2, -0.15) is 0 Å². The Morgan fingerprint density at radius 1 is 1.47 bits per heavy atom. The van der Waals surface area contributed by atoms with Crippen LogP contribution in [0.25, 0.3) is 0 Å². The van der Waals surface area contributed by atoms with Crippen LogP contribution in [-0.4, -0.2) is 22.9 Å². The van der Waals surface area contributed by atoms with Crippen molar-refractivity contribution >= 4 is 15.9 Å². The Balaban J connectivity index is 2.23. The van der Waals surface area contributed by atoms with E-state index in [1.807, 2.05) is 6.92 Å². The number of nitrogens with two attached hydrogens (primary N) is 1. The summed E-state index contributed by atoms with van der Waals surface area (Å²) in [7, 11) is 0. The Kier molecular flexibility index (Phi) is 4.71. The molecule has 1 aliphatic carbocycles. The van der Waals surface area contributed by atoms with Crippen molar-refractivity contribution in [3.05, 3.63) is 22.2 Å². The number of hydrogen-bond donors (Lipinski definition) is 3. The maximum atomic E-state index is 10.2. The number of phenols is 1. The van der Waals surface area contributed by atoms with E-state index in [9.17, 15) is 10.2 Å². The number of hydrogen-bond acceptors (Lipinski definition) is 4. The normalized spacial score (nSPS) is 18.7. The molecule has 1 aromatic carbocycles. The SMILES string of the molecule is CCOc1cc([C@@H](N)[C@@H](O)C2CCC2)cc(Br)c1O. The average molecular weight is 330 g/mol. The van der Waals surface area contributed by atoms with Gasteiger partial charge in [0.05, 0.1) is 23.2 Å². The lowest BCUT2D eigenvalue weighted by atomic mass is 9.77. The Morgan fingerprint density at radius 3 is 2.68 bits per heavy atom. The molecule has 0 unspecified atom stereocenters. The molecule has 1 fully saturated rings. The van der Waals surface area contributed by atoms with Crippen molar-refractivity contribution in [2.24, 2.45) is 11.7 Å². The van der Waals surface area contributed by atoms with E-state index in [1.54, 1.807) is 12.1 Å². The first-order chi connectivity index (χ1) is 9.04. The minimum absolute atomic E-state index is 0.0657. The standard InChI is InChI=1S/C14H20BrNO3/c1-2-19-11-7-9(6-10(15)14(11)18)12(16)13(17)8-4-3-5-8/h6-8,12-13,17-18H,2-5,16H2,1H3/t12-,13+/m1/s1. The third-order valence-corrected chi connectivity index (χ3v) is 4.34. The number of phenolic OH excluding ortho intramolecular Hbond substituents is 1. The summed E-state index contributed by atoms with van der Waals surface area (Å²) >= 11 is 3.29. The van der Waals surface area contributed by atoms with E-state index in [0.29, 0.717) is 16.8 Å². The van der Waals surface area contributed by atoms with Crippen LogP contribution >= 0.6 is 15.9 Å². The Labute approximate surface area is 121 Å². The second-order valence-corrected chi connectivity index (χ2v) is 5.84. The van der Waals surface area contributed by atoms with Gasteiger partial charge in [-0.3, -0.25) is 0 Å². The fourth-order valence-electron chi connectivity index (χ4n) is 2.32. The molecular weight excluding hydrogens is 310 g/mol. The van der Waals surface area contributed by atoms with E-state index in [4.69, 9.17) is 10.5 Å². The molecule has 0 spiro atoms. The summed E-state index contributed by atoms with van der Waals surface area (Å²) in [6, 6.07) is 2.99. The lowest BCUT2D eigenvalue weighted by Crippen LogP contribution is -2.36. The fourth-order valence-corrected chi connectivity index (χ4v) is 2.78. The lowest BCUT2D eigenvalue weighted by molar-refractivity contribution is 0.0413. The molecule has 4 nitrogen and oxygen atoms in total. The van der Waals surface area contributed by atoms with Crippen LogP contribution < -0.4 is 10.5 Å². The second-order valence-electron chi connectivity index (χ2n) is 4.99. The van der Waals surface area contributed by atoms with Gasteiger partial charge < -0.3 is 20.7 Å². The zero-order valence-electron chi connectivity index (χ0n) is 11.0. The first-order valence-electron chi connectivity index (χ1n) is 6.63. The van der Waals surface area contributed by atoms with Crippen molar-refractivity contribution in [3.63, 3.8) is 0 Å². The van der Waals surface area contributed by atoms with Crippen LogP contribution in [0.4, 0.5) is 0 Å². The number of ether oxygens (including phenoxy) is 1. The van der Waals surface area contributed by atoms with Gasteiger partial charge in [-0.05, 0) is 59.3 Å². The summed E-state index contributed by atoms with van der Waals surface area (Å²) in [5.74, 6) is 0.747. The van der Waals surface area contributed by atoms with Gasteiger partial charge in [0.25, 0.3) is 0 Å². The van der Waals surface area contributed by atoms with Crippen molar-refractivity contribution < 1.29 is 14.9 Å². The maximum absolute atomic E-state index is 10.2. The molecule has 4 N–H and O–H groups in total. The molecule has 0 bridgehead atoms. The van der Waals surface area contributed by atoms with Crippen LogP contribution in [0, 0.1) is 5.92 Å². The van der Waals surface area contributed by atoms with Crippen molar-refractivity contribution in [2.75, 3.05) is 6.61 Å². The number of aliphatic hydroxyl groups is 1.